The minimum Gasteiger partial charge on any atom is -0.456 e. The first-order valence-electron chi connectivity index (χ1n) is 5.83. The SMILES string of the molecule is Clc1ccc(/C=C2\C=CC3(COCCO3)O2)cc1. The van der Waals surface area contributed by atoms with Crippen LogP contribution in [0.25, 0.3) is 6.08 Å². The molecule has 1 fully saturated rings. The van der Waals surface area contributed by atoms with Crippen molar-refractivity contribution in [3.63, 3.8) is 0 Å². The molecule has 2 aliphatic heterocycles. The highest BCUT2D eigenvalue weighted by Gasteiger charge is 2.37. The van der Waals surface area contributed by atoms with Crippen molar-refractivity contribution in [3.05, 3.63) is 52.8 Å². The van der Waals surface area contributed by atoms with E-state index in [1.807, 2.05) is 42.5 Å². The molecule has 1 aromatic carbocycles. The molecule has 1 unspecified atom stereocenters. The Hall–Kier alpha value is -1.29. The summed E-state index contributed by atoms with van der Waals surface area (Å²) in [5.74, 6) is 0.0408. The van der Waals surface area contributed by atoms with Crippen LogP contribution in [0.3, 0.4) is 0 Å². The molecule has 3 rings (SSSR count). The lowest BCUT2D eigenvalue weighted by atomic mass is 10.2. The predicted molar refractivity (Wildman–Crippen MR) is 69.2 cm³/mol. The van der Waals surface area contributed by atoms with Crippen LogP contribution in [0.15, 0.2) is 42.2 Å². The number of ether oxygens (including phenoxy) is 3. The van der Waals surface area contributed by atoms with Gasteiger partial charge < -0.3 is 14.2 Å². The molecular formula is C14H13ClO3. The highest BCUT2D eigenvalue weighted by molar-refractivity contribution is 6.30. The summed E-state index contributed by atoms with van der Waals surface area (Å²) in [5, 5.41) is 0.723. The molecule has 2 aliphatic rings. The standard InChI is InChI=1S/C14H13ClO3/c15-12-3-1-11(2-4-12)9-13-5-6-14(18-13)10-16-7-8-17-14/h1-6,9H,7-8,10H2/b13-9+. The van der Waals surface area contributed by atoms with Crippen LogP contribution in [-0.2, 0) is 14.2 Å². The Labute approximate surface area is 111 Å². The van der Waals surface area contributed by atoms with Crippen molar-refractivity contribution in [3.8, 4) is 0 Å². The predicted octanol–water partition coefficient (Wildman–Crippen LogP) is 3.01. The number of halogens is 1. The Bertz CT molecular complexity index is 484. The van der Waals surface area contributed by atoms with E-state index in [-0.39, 0.29) is 0 Å². The second-order valence-corrected chi connectivity index (χ2v) is 4.68. The fourth-order valence-corrected chi connectivity index (χ4v) is 2.09. The zero-order valence-corrected chi connectivity index (χ0v) is 10.5. The zero-order chi connectivity index (χ0) is 12.4. The van der Waals surface area contributed by atoms with Gasteiger partial charge in [-0.1, -0.05) is 23.7 Å². The van der Waals surface area contributed by atoms with Gasteiger partial charge in [0, 0.05) is 5.02 Å². The Kier molecular flexibility index (Phi) is 3.12. The van der Waals surface area contributed by atoms with Crippen LogP contribution < -0.4 is 0 Å². The minimum absolute atomic E-state index is 0.432. The van der Waals surface area contributed by atoms with Crippen molar-refractivity contribution in [1.29, 1.82) is 0 Å². The summed E-state index contributed by atoms with van der Waals surface area (Å²) in [6.07, 6.45) is 5.75. The maximum Gasteiger partial charge on any atom is 0.254 e. The van der Waals surface area contributed by atoms with Crippen molar-refractivity contribution >= 4 is 17.7 Å². The minimum atomic E-state index is -0.726. The highest BCUT2D eigenvalue weighted by atomic mass is 35.5. The monoisotopic (exact) mass is 264 g/mol. The second-order valence-electron chi connectivity index (χ2n) is 4.25. The fourth-order valence-electron chi connectivity index (χ4n) is 1.96. The van der Waals surface area contributed by atoms with Gasteiger partial charge in [0.25, 0.3) is 5.79 Å². The van der Waals surface area contributed by atoms with E-state index in [4.69, 9.17) is 25.8 Å². The van der Waals surface area contributed by atoms with Gasteiger partial charge in [-0.2, -0.15) is 0 Å². The summed E-state index contributed by atoms with van der Waals surface area (Å²) in [7, 11) is 0. The third kappa shape index (κ3) is 2.43. The fraction of sp³-hybridized carbons (Fsp3) is 0.286. The van der Waals surface area contributed by atoms with Gasteiger partial charge in [-0.25, -0.2) is 0 Å². The van der Waals surface area contributed by atoms with Crippen molar-refractivity contribution in [1.82, 2.24) is 0 Å². The summed E-state index contributed by atoms with van der Waals surface area (Å²) < 4.78 is 16.8. The Balaban J connectivity index is 1.75. The molecule has 1 atom stereocenters. The Morgan fingerprint density at radius 2 is 2.00 bits per heavy atom. The maximum absolute atomic E-state index is 5.84. The van der Waals surface area contributed by atoms with E-state index in [0.717, 1.165) is 16.3 Å². The van der Waals surface area contributed by atoms with Gasteiger partial charge >= 0.3 is 0 Å². The third-order valence-corrected chi connectivity index (χ3v) is 3.10. The lowest BCUT2D eigenvalue weighted by Gasteiger charge is -2.31. The molecule has 0 bridgehead atoms. The summed E-state index contributed by atoms with van der Waals surface area (Å²) in [4.78, 5) is 0. The van der Waals surface area contributed by atoms with Crippen LogP contribution >= 0.6 is 11.6 Å². The number of hydrogen-bond acceptors (Lipinski definition) is 3. The first-order valence-corrected chi connectivity index (χ1v) is 6.21. The van der Waals surface area contributed by atoms with E-state index in [0.29, 0.717) is 19.8 Å². The first kappa shape index (κ1) is 11.8. The van der Waals surface area contributed by atoms with E-state index >= 15 is 0 Å². The topological polar surface area (TPSA) is 27.7 Å². The van der Waals surface area contributed by atoms with Crippen LogP contribution in [0.2, 0.25) is 5.02 Å². The molecule has 0 N–H and O–H groups in total. The van der Waals surface area contributed by atoms with Gasteiger partial charge in [-0.15, -0.1) is 0 Å². The molecule has 1 saturated heterocycles. The van der Waals surface area contributed by atoms with Gasteiger partial charge in [0.1, 0.15) is 12.4 Å². The second kappa shape index (κ2) is 4.76. The summed E-state index contributed by atoms with van der Waals surface area (Å²) in [5.41, 5.74) is 1.04. The van der Waals surface area contributed by atoms with Crippen LogP contribution in [-0.4, -0.2) is 25.6 Å². The van der Waals surface area contributed by atoms with E-state index in [9.17, 15) is 0 Å². The van der Waals surface area contributed by atoms with Gasteiger partial charge in [-0.05, 0) is 35.9 Å². The molecule has 1 aromatic rings. The van der Waals surface area contributed by atoms with Crippen LogP contribution in [0.5, 0.6) is 0 Å². The lowest BCUT2D eigenvalue weighted by molar-refractivity contribution is -0.239. The molecule has 1 spiro atoms. The Morgan fingerprint density at radius 1 is 1.17 bits per heavy atom. The summed E-state index contributed by atoms with van der Waals surface area (Å²) in [6.45, 7) is 1.61. The first-order chi connectivity index (χ1) is 8.76. The molecule has 0 saturated carbocycles. The van der Waals surface area contributed by atoms with E-state index < -0.39 is 5.79 Å². The van der Waals surface area contributed by atoms with Gasteiger partial charge in [0.2, 0.25) is 0 Å². The van der Waals surface area contributed by atoms with E-state index in [2.05, 4.69) is 0 Å². The molecule has 0 amide bonds. The quantitative estimate of drug-likeness (QED) is 0.780. The number of benzene rings is 1. The molecule has 3 nitrogen and oxygen atoms in total. The van der Waals surface area contributed by atoms with Gasteiger partial charge in [0.15, 0.2) is 0 Å². The average Bonchev–Trinajstić information content (AvgIpc) is 2.76. The average molecular weight is 265 g/mol. The van der Waals surface area contributed by atoms with Crippen LogP contribution in [0, 0.1) is 0 Å². The van der Waals surface area contributed by atoms with Gasteiger partial charge in [0.05, 0.1) is 13.2 Å². The van der Waals surface area contributed by atoms with Crippen molar-refractivity contribution in [2.45, 2.75) is 5.79 Å². The number of rotatable bonds is 1. The summed E-state index contributed by atoms with van der Waals surface area (Å²) >= 11 is 5.84. The normalized spacial score (nSPS) is 28.8. The molecule has 4 heteroatoms. The number of hydrogen-bond donors (Lipinski definition) is 0. The van der Waals surface area contributed by atoms with Crippen LogP contribution in [0.1, 0.15) is 5.56 Å². The molecule has 94 valence electrons. The molecule has 0 radical (unpaired) electrons. The zero-order valence-electron chi connectivity index (χ0n) is 9.77. The molecule has 0 aromatic heterocycles. The summed E-state index contributed by atoms with van der Waals surface area (Å²) in [6, 6.07) is 7.58. The van der Waals surface area contributed by atoms with Gasteiger partial charge in [-0.3, -0.25) is 0 Å². The van der Waals surface area contributed by atoms with Crippen molar-refractivity contribution < 1.29 is 14.2 Å². The molecule has 2 heterocycles. The van der Waals surface area contributed by atoms with Crippen molar-refractivity contribution in [2.75, 3.05) is 19.8 Å². The highest BCUT2D eigenvalue weighted by Crippen LogP contribution is 2.30. The maximum atomic E-state index is 5.84. The molecule has 18 heavy (non-hydrogen) atoms. The molecule has 0 aliphatic carbocycles. The third-order valence-electron chi connectivity index (χ3n) is 2.85. The molecular weight excluding hydrogens is 252 g/mol. The lowest BCUT2D eigenvalue weighted by Crippen LogP contribution is -2.41. The largest absolute Gasteiger partial charge is 0.456 e. The number of allylic oxidation sites excluding steroid dienone is 1. The Morgan fingerprint density at radius 3 is 2.72 bits per heavy atom. The van der Waals surface area contributed by atoms with Crippen molar-refractivity contribution in [2.24, 2.45) is 0 Å². The van der Waals surface area contributed by atoms with Crippen LogP contribution in [0.4, 0.5) is 0 Å². The smallest absolute Gasteiger partial charge is 0.254 e. The van der Waals surface area contributed by atoms with E-state index in [1.54, 1.807) is 0 Å². The van der Waals surface area contributed by atoms with E-state index in [1.165, 1.54) is 0 Å².